The van der Waals surface area contributed by atoms with Crippen molar-refractivity contribution in [2.45, 2.75) is 26.2 Å². The van der Waals surface area contributed by atoms with Crippen LogP contribution in [0.2, 0.25) is 0 Å². The molecule has 0 saturated heterocycles. The van der Waals surface area contributed by atoms with E-state index in [1.807, 2.05) is 18.3 Å². The molecule has 3 heteroatoms. The molecule has 0 amide bonds. The van der Waals surface area contributed by atoms with E-state index in [1.165, 1.54) is 19.3 Å². The lowest BCUT2D eigenvalue weighted by Crippen LogP contribution is -2.14. The van der Waals surface area contributed by atoms with Crippen LogP contribution in [0.3, 0.4) is 0 Å². The molecule has 0 radical (unpaired) electrons. The van der Waals surface area contributed by atoms with Gasteiger partial charge in [0.1, 0.15) is 5.82 Å². The van der Waals surface area contributed by atoms with E-state index in [0.717, 1.165) is 16.8 Å². The van der Waals surface area contributed by atoms with E-state index in [1.54, 1.807) is 0 Å². The number of nitrogens with one attached hydrogen (secondary N) is 1. The molecular formula is C11H15BrN2. The van der Waals surface area contributed by atoms with E-state index in [-0.39, 0.29) is 0 Å². The predicted molar refractivity (Wildman–Crippen MR) is 62.4 cm³/mol. The molecule has 1 aromatic heterocycles. The number of aromatic nitrogens is 1. The molecule has 76 valence electrons. The Labute approximate surface area is 93.3 Å². The van der Waals surface area contributed by atoms with Crippen LogP contribution < -0.4 is 5.32 Å². The lowest BCUT2D eigenvalue weighted by Gasteiger charge is -2.13. The summed E-state index contributed by atoms with van der Waals surface area (Å²) in [5.74, 6) is 0.980. The molecule has 14 heavy (non-hydrogen) atoms. The van der Waals surface area contributed by atoms with Gasteiger partial charge in [-0.25, -0.2) is 4.98 Å². The molecule has 0 unspecified atom stereocenters. The topological polar surface area (TPSA) is 24.9 Å². The largest absolute Gasteiger partial charge is 0.370 e. The van der Waals surface area contributed by atoms with Crippen molar-refractivity contribution in [2.75, 3.05) is 11.9 Å². The van der Waals surface area contributed by atoms with Crippen LogP contribution in [0.4, 0.5) is 5.82 Å². The maximum absolute atomic E-state index is 4.29. The number of hydrogen-bond donors (Lipinski definition) is 1. The van der Waals surface area contributed by atoms with E-state index in [9.17, 15) is 0 Å². The van der Waals surface area contributed by atoms with Crippen molar-refractivity contribution in [2.24, 2.45) is 5.41 Å². The fourth-order valence-electron chi connectivity index (χ4n) is 1.59. The number of pyridine rings is 1. The van der Waals surface area contributed by atoms with Crippen molar-refractivity contribution in [3.05, 3.63) is 22.8 Å². The Balaban J connectivity index is 1.89. The smallest absolute Gasteiger partial charge is 0.125 e. The number of halogens is 1. The molecule has 2 nitrogen and oxygen atoms in total. The Morgan fingerprint density at radius 3 is 2.79 bits per heavy atom. The van der Waals surface area contributed by atoms with Crippen molar-refractivity contribution in [3.8, 4) is 0 Å². The van der Waals surface area contributed by atoms with Gasteiger partial charge in [-0.15, -0.1) is 0 Å². The Kier molecular flexibility index (Phi) is 2.77. The van der Waals surface area contributed by atoms with Crippen molar-refractivity contribution >= 4 is 21.7 Å². The third-order valence-electron chi connectivity index (χ3n) is 3.08. The van der Waals surface area contributed by atoms with Crippen LogP contribution >= 0.6 is 15.9 Å². The molecule has 1 aliphatic carbocycles. The summed E-state index contributed by atoms with van der Waals surface area (Å²) < 4.78 is 1.03. The molecule has 1 fully saturated rings. The molecule has 1 N–H and O–H groups in total. The average molecular weight is 255 g/mol. The lowest BCUT2D eigenvalue weighted by atomic mass is 10.0. The van der Waals surface area contributed by atoms with E-state index in [2.05, 4.69) is 33.2 Å². The minimum atomic E-state index is 0.578. The number of hydrogen-bond acceptors (Lipinski definition) is 2. The molecule has 1 aliphatic rings. The highest BCUT2D eigenvalue weighted by atomic mass is 79.9. The minimum Gasteiger partial charge on any atom is -0.370 e. The van der Waals surface area contributed by atoms with E-state index >= 15 is 0 Å². The van der Waals surface area contributed by atoms with Crippen LogP contribution in [0, 0.1) is 5.41 Å². The Hall–Kier alpha value is -0.570. The molecule has 0 bridgehead atoms. The normalized spacial score (nSPS) is 17.9. The summed E-state index contributed by atoms with van der Waals surface area (Å²) in [7, 11) is 0. The fraction of sp³-hybridized carbons (Fsp3) is 0.545. The van der Waals surface area contributed by atoms with E-state index in [4.69, 9.17) is 0 Å². The molecule has 1 saturated carbocycles. The van der Waals surface area contributed by atoms with Crippen LogP contribution in [-0.2, 0) is 0 Å². The van der Waals surface area contributed by atoms with Gasteiger partial charge in [0.25, 0.3) is 0 Å². The summed E-state index contributed by atoms with van der Waals surface area (Å²) in [6.07, 6.45) is 5.84. The van der Waals surface area contributed by atoms with Crippen molar-refractivity contribution < 1.29 is 0 Å². The van der Waals surface area contributed by atoms with Gasteiger partial charge >= 0.3 is 0 Å². The first-order chi connectivity index (χ1) is 6.74. The molecule has 0 aromatic carbocycles. The van der Waals surface area contributed by atoms with Crippen LogP contribution in [0.1, 0.15) is 26.2 Å². The van der Waals surface area contributed by atoms with Crippen molar-refractivity contribution in [3.63, 3.8) is 0 Å². The first-order valence-corrected chi connectivity index (χ1v) is 5.89. The number of rotatable bonds is 4. The first kappa shape index (κ1) is 9.97. The summed E-state index contributed by atoms with van der Waals surface area (Å²) in [5, 5.41) is 3.39. The summed E-state index contributed by atoms with van der Waals surface area (Å²) >= 11 is 3.37. The predicted octanol–water partition coefficient (Wildman–Crippen LogP) is 3.45. The Bertz CT molecular complexity index is 304. The maximum atomic E-state index is 4.29. The summed E-state index contributed by atoms with van der Waals surface area (Å²) in [6.45, 7) is 3.34. The second-order valence-corrected chi connectivity index (χ2v) is 4.98. The lowest BCUT2D eigenvalue weighted by molar-refractivity contribution is 0.521. The summed E-state index contributed by atoms with van der Waals surface area (Å²) in [4.78, 5) is 4.29. The fourth-order valence-corrected chi connectivity index (χ4v) is 1.83. The Morgan fingerprint density at radius 1 is 1.50 bits per heavy atom. The van der Waals surface area contributed by atoms with Gasteiger partial charge in [0.15, 0.2) is 0 Å². The molecule has 0 atom stereocenters. The summed E-state index contributed by atoms with van der Waals surface area (Å²) in [6, 6.07) is 4.02. The minimum absolute atomic E-state index is 0.578. The van der Waals surface area contributed by atoms with Crippen LogP contribution in [0.5, 0.6) is 0 Å². The van der Waals surface area contributed by atoms with Gasteiger partial charge in [-0.05, 0) is 52.7 Å². The average Bonchev–Trinajstić information content (AvgIpc) is 2.98. The van der Waals surface area contributed by atoms with Crippen LogP contribution in [0.25, 0.3) is 0 Å². The van der Waals surface area contributed by atoms with Gasteiger partial charge in [-0.1, -0.05) is 6.92 Å². The molecule has 2 rings (SSSR count). The van der Waals surface area contributed by atoms with Gasteiger partial charge in [0.05, 0.1) is 0 Å². The second kappa shape index (κ2) is 3.89. The zero-order valence-corrected chi connectivity index (χ0v) is 9.97. The number of anilines is 1. The third kappa shape index (κ3) is 2.27. The molecule has 1 heterocycles. The quantitative estimate of drug-likeness (QED) is 0.891. The standard InChI is InChI=1S/C11H15BrN2/c1-2-11(5-6-11)8-14-10-4-3-9(12)7-13-10/h3-4,7H,2,5-6,8H2,1H3,(H,13,14). The Morgan fingerprint density at radius 2 is 2.29 bits per heavy atom. The van der Waals surface area contributed by atoms with Crippen LogP contribution in [0.15, 0.2) is 22.8 Å². The highest BCUT2D eigenvalue weighted by Crippen LogP contribution is 2.48. The van der Waals surface area contributed by atoms with E-state index < -0.39 is 0 Å². The number of nitrogens with zero attached hydrogens (tertiary/aromatic N) is 1. The summed E-state index contributed by atoms with van der Waals surface area (Å²) in [5.41, 5.74) is 0.578. The first-order valence-electron chi connectivity index (χ1n) is 5.10. The SMILES string of the molecule is CCC1(CNc2ccc(Br)cn2)CC1. The van der Waals surface area contributed by atoms with Crippen molar-refractivity contribution in [1.29, 1.82) is 0 Å². The van der Waals surface area contributed by atoms with Crippen molar-refractivity contribution in [1.82, 2.24) is 4.98 Å². The zero-order valence-electron chi connectivity index (χ0n) is 8.39. The van der Waals surface area contributed by atoms with Crippen LogP contribution in [-0.4, -0.2) is 11.5 Å². The molecule has 0 spiro atoms. The monoisotopic (exact) mass is 254 g/mol. The molecule has 0 aliphatic heterocycles. The molecule has 1 aromatic rings. The third-order valence-corrected chi connectivity index (χ3v) is 3.55. The molecular weight excluding hydrogens is 240 g/mol. The van der Waals surface area contributed by atoms with Gasteiger partial charge < -0.3 is 5.32 Å². The highest BCUT2D eigenvalue weighted by Gasteiger charge is 2.40. The van der Waals surface area contributed by atoms with Gasteiger partial charge in [0.2, 0.25) is 0 Å². The zero-order chi connectivity index (χ0) is 10.0. The highest BCUT2D eigenvalue weighted by molar-refractivity contribution is 9.10. The van der Waals surface area contributed by atoms with E-state index in [0.29, 0.717) is 5.41 Å². The van der Waals surface area contributed by atoms with Gasteiger partial charge in [-0.2, -0.15) is 0 Å². The second-order valence-electron chi connectivity index (χ2n) is 4.07. The van der Waals surface area contributed by atoms with Gasteiger partial charge in [-0.3, -0.25) is 0 Å². The van der Waals surface area contributed by atoms with Gasteiger partial charge in [0, 0.05) is 17.2 Å². The maximum Gasteiger partial charge on any atom is 0.125 e.